The third kappa shape index (κ3) is 2.04. The maximum atomic E-state index is 13.7. The van der Waals surface area contributed by atoms with Crippen LogP contribution in [0.15, 0.2) is 6.33 Å². The van der Waals surface area contributed by atoms with Gasteiger partial charge >= 0.3 is 0 Å². The lowest BCUT2D eigenvalue weighted by atomic mass is 10.2. The van der Waals surface area contributed by atoms with Gasteiger partial charge in [-0.15, -0.1) is 11.6 Å². The first-order valence-corrected chi connectivity index (χ1v) is 5.58. The highest BCUT2D eigenvalue weighted by Crippen LogP contribution is 2.39. The van der Waals surface area contributed by atoms with Gasteiger partial charge in [0.1, 0.15) is 6.33 Å². The summed E-state index contributed by atoms with van der Waals surface area (Å²) in [6.07, 6.45) is 3.90. The van der Waals surface area contributed by atoms with Crippen LogP contribution in [-0.4, -0.2) is 21.4 Å². The zero-order valence-corrected chi connectivity index (χ0v) is 9.31. The third-order valence-electron chi connectivity index (χ3n) is 2.69. The van der Waals surface area contributed by atoms with Crippen LogP contribution in [0.2, 0.25) is 0 Å². The van der Waals surface area contributed by atoms with Crippen molar-refractivity contribution in [2.24, 2.45) is 0 Å². The standard InChI is InChI=1S/C10H13ClFN3/c1-2-7-8(12)9(14-6-13-7)15-10(5-11)3-4-10/h6H,2-5H2,1H3,(H,13,14,15). The molecule has 0 aliphatic heterocycles. The van der Waals surface area contributed by atoms with Gasteiger partial charge in [0.05, 0.1) is 11.2 Å². The van der Waals surface area contributed by atoms with Crippen LogP contribution < -0.4 is 5.32 Å². The molecule has 1 aromatic rings. The minimum absolute atomic E-state index is 0.137. The maximum Gasteiger partial charge on any atom is 0.186 e. The number of halogens is 2. The monoisotopic (exact) mass is 229 g/mol. The molecule has 0 radical (unpaired) electrons. The van der Waals surface area contributed by atoms with Gasteiger partial charge in [0, 0.05) is 5.88 Å². The largest absolute Gasteiger partial charge is 0.361 e. The van der Waals surface area contributed by atoms with Gasteiger partial charge in [0.25, 0.3) is 0 Å². The van der Waals surface area contributed by atoms with Gasteiger partial charge in [-0.1, -0.05) is 6.92 Å². The lowest BCUT2D eigenvalue weighted by Crippen LogP contribution is -2.24. The molecule has 1 aliphatic rings. The van der Waals surface area contributed by atoms with Crippen molar-refractivity contribution in [3.63, 3.8) is 0 Å². The first-order chi connectivity index (χ1) is 7.21. The second kappa shape index (κ2) is 3.93. The molecule has 0 amide bonds. The number of alkyl halides is 1. The first kappa shape index (κ1) is 10.6. The lowest BCUT2D eigenvalue weighted by Gasteiger charge is -2.15. The van der Waals surface area contributed by atoms with Crippen LogP contribution in [0.3, 0.4) is 0 Å². The van der Waals surface area contributed by atoms with Crippen molar-refractivity contribution in [1.29, 1.82) is 0 Å². The van der Waals surface area contributed by atoms with E-state index in [9.17, 15) is 4.39 Å². The van der Waals surface area contributed by atoms with Crippen molar-refractivity contribution in [1.82, 2.24) is 9.97 Å². The molecule has 1 saturated carbocycles. The van der Waals surface area contributed by atoms with Crippen LogP contribution in [0, 0.1) is 5.82 Å². The van der Waals surface area contributed by atoms with Gasteiger partial charge in [-0.3, -0.25) is 0 Å². The molecular formula is C10H13ClFN3. The summed E-state index contributed by atoms with van der Waals surface area (Å²) in [5.41, 5.74) is 0.305. The van der Waals surface area contributed by atoms with E-state index in [0.29, 0.717) is 18.0 Å². The van der Waals surface area contributed by atoms with E-state index >= 15 is 0 Å². The topological polar surface area (TPSA) is 37.8 Å². The molecule has 3 nitrogen and oxygen atoms in total. The molecular weight excluding hydrogens is 217 g/mol. The van der Waals surface area contributed by atoms with Gasteiger partial charge in [-0.2, -0.15) is 0 Å². The van der Waals surface area contributed by atoms with Gasteiger partial charge in [0.15, 0.2) is 11.6 Å². The quantitative estimate of drug-likeness (QED) is 0.806. The molecule has 1 aliphatic carbocycles. The maximum absolute atomic E-state index is 13.7. The van der Waals surface area contributed by atoms with Crippen LogP contribution in [0.25, 0.3) is 0 Å². The Hall–Kier alpha value is -0.900. The Balaban J connectivity index is 2.21. The van der Waals surface area contributed by atoms with Crippen molar-refractivity contribution in [2.45, 2.75) is 31.7 Å². The van der Waals surface area contributed by atoms with E-state index in [-0.39, 0.29) is 17.2 Å². The number of aromatic nitrogens is 2. The van der Waals surface area contributed by atoms with E-state index < -0.39 is 0 Å². The molecule has 0 bridgehead atoms. The van der Waals surface area contributed by atoms with Crippen molar-refractivity contribution in [3.8, 4) is 0 Å². The number of nitrogens with zero attached hydrogens (tertiary/aromatic N) is 2. The summed E-state index contributed by atoms with van der Waals surface area (Å²) in [5, 5.41) is 3.06. The molecule has 5 heteroatoms. The Bertz CT molecular complexity index is 366. The van der Waals surface area contributed by atoms with Gasteiger partial charge in [0.2, 0.25) is 0 Å². The highest BCUT2D eigenvalue weighted by molar-refractivity contribution is 6.19. The SMILES string of the molecule is CCc1ncnc(NC2(CCl)CC2)c1F. The number of rotatable bonds is 4. The minimum Gasteiger partial charge on any atom is -0.361 e. The summed E-state index contributed by atoms with van der Waals surface area (Å²) in [5.74, 6) is 0.411. The second-order valence-electron chi connectivity index (χ2n) is 3.88. The summed E-state index contributed by atoms with van der Waals surface area (Å²) < 4.78 is 13.7. The smallest absolute Gasteiger partial charge is 0.186 e. The molecule has 82 valence electrons. The molecule has 0 atom stereocenters. The molecule has 1 N–H and O–H groups in total. The van der Waals surface area contributed by atoms with Gasteiger partial charge in [-0.25, -0.2) is 14.4 Å². The van der Waals surface area contributed by atoms with Crippen molar-refractivity contribution in [3.05, 3.63) is 17.8 Å². The zero-order chi connectivity index (χ0) is 10.9. The molecule has 2 rings (SSSR count). The Kier molecular flexibility index (Phi) is 2.78. The molecule has 1 fully saturated rings. The van der Waals surface area contributed by atoms with Crippen LogP contribution >= 0.6 is 11.6 Å². The highest BCUT2D eigenvalue weighted by atomic mass is 35.5. The summed E-state index contributed by atoms with van der Waals surface area (Å²) in [6, 6.07) is 0. The predicted octanol–water partition coefficient (Wildman–Crippen LogP) is 2.36. The fourth-order valence-electron chi connectivity index (χ4n) is 1.43. The Morgan fingerprint density at radius 3 is 2.80 bits per heavy atom. The van der Waals surface area contributed by atoms with Crippen LogP contribution in [0.5, 0.6) is 0 Å². The third-order valence-corrected chi connectivity index (χ3v) is 3.20. The van der Waals surface area contributed by atoms with Crippen molar-refractivity contribution in [2.75, 3.05) is 11.2 Å². The fraction of sp³-hybridized carbons (Fsp3) is 0.600. The highest BCUT2D eigenvalue weighted by Gasteiger charge is 2.42. The van der Waals surface area contributed by atoms with E-state index in [1.54, 1.807) is 0 Å². The average Bonchev–Trinajstić information content (AvgIpc) is 3.02. The Morgan fingerprint density at radius 1 is 1.53 bits per heavy atom. The number of hydrogen-bond donors (Lipinski definition) is 1. The van der Waals surface area contributed by atoms with Crippen molar-refractivity contribution >= 4 is 17.4 Å². The summed E-state index contributed by atoms with van der Waals surface area (Å²) >= 11 is 5.80. The number of aryl methyl sites for hydroxylation is 1. The predicted molar refractivity (Wildman–Crippen MR) is 57.7 cm³/mol. The van der Waals surface area contributed by atoms with E-state index in [1.165, 1.54) is 6.33 Å². The van der Waals surface area contributed by atoms with Crippen LogP contribution in [0.4, 0.5) is 10.2 Å². The molecule has 15 heavy (non-hydrogen) atoms. The molecule has 0 aromatic carbocycles. The molecule has 0 spiro atoms. The molecule has 0 unspecified atom stereocenters. The van der Waals surface area contributed by atoms with E-state index in [2.05, 4.69) is 15.3 Å². The second-order valence-corrected chi connectivity index (χ2v) is 4.14. The van der Waals surface area contributed by atoms with E-state index in [0.717, 1.165) is 12.8 Å². The number of anilines is 1. The summed E-state index contributed by atoms with van der Waals surface area (Å²) in [6.45, 7) is 1.86. The molecule has 0 saturated heterocycles. The molecule has 1 heterocycles. The normalized spacial score (nSPS) is 17.5. The van der Waals surface area contributed by atoms with Gasteiger partial charge < -0.3 is 5.32 Å². The van der Waals surface area contributed by atoms with Crippen molar-refractivity contribution < 1.29 is 4.39 Å². The van der Waals surface area contributed by atoms with Crippen LogP contribution in [0.1, 0.15) is 25.5 Å². The minimum atomic E-state index is -0.351. The number of hydrogen-bond acceptors (Lipinski definition) is 3. The number of nitrogens with one attached hydrogen (secondary N) is 1. The van der Waals surface area contributed by atoms with E-state index in [1.807, 2.05) is 6.92 Å². The first-order valence-electron chi connectivity index (χ1n) is 5.04. The van der Waals surface area contributed by atoms with Crippen LogP contribution in [-0.2, 0) is 6.42 Å². The lowest BCUT2D eigenvalue weighted by molar-refractivity contribution is 0.592. The molecule has 1 aromatic heterocycles. The average molecular weight is 230 g/mol. The van der Waals surface area contributed by atoms with Gasteiger partial charge in [-0.05, 0) is 19.3 Å². The Morgan fingerprint density at radius 2 is 2.27 bits per heavy atom. The fourth-order valence-corrected chi connectivity index (χ4v) is 1.77. The van der Waals surface area contributed by atoms with E-state index in [4.69, 9.17) is 11.6 Å². The Labute approximate surface area is 93.1 Å². The summed E-state index contributed by atoms with van der Waals surface area (Å²) in [4.78, 5) is 7.78. The summed E-state index contributed by atoms with van der Waals surface area (Å²) in [7, 11) is 0. The zero-order valence-electron chi connectivity index (χ0n) is 8.56.